The van der Waals surface area contributed by atoms with Crippen LogP contribution in [0.3, 0.4) is 0 Å². The number of hydrogen-bond acceptors (Lipinski definition) is 3. The molecule has 1 rings (SSSR count). The van der Waals surface area contributed by atoms with Crippen LogP contribution in [0.1, 0.15) is 64.2 Å². The second kappa shape index (κ2) is 12.3. The average Bonchev–Trinajstić information content (AvgIpc) is 2.52. The van der Waals surface area contributed by atoms with E-state index in [0.29, 0.717) is 12.4 Å². The molecule has 0 atom stereocenters. The highest BCUT2D eigenvalue weighted by Crippen LogP contribution is 2.18. The average molecular weight is 310 g/mol. The van der Waals surface area contributed by atoms with E-state index in [-0.39, 0.29) is 5.69 Å². The van der Waals surface area contributed by atoms with Crippen molar-refractivity contribution in [3.05, 3.63) is 24.0 Å². The van der Waals surface area contributed by atoms with Gasteiger partial charge in [0.15, 0.2) is 0 Å². The Hall–Kier alpha value is -1.29. The highest BCUT2D eigenvalue weighted by atomic mass is 19.1. The lowest BCUT2D eigenvalue weighted by Crippen LogP contribution is -1.99. The molecule has 22 heavy (non-hydrogen) atoms. The highest BCUT2D eigenvalue weighted by Gasteiger charge is 2.00. The van der Waals surface area contributed by atoms with Crippen LogP contribution in [0.25, 0.3) is 0 Å². The molecule has 3 nitrogen and oxygen atoms in total. The van der Waals surface area contributed by atoms with E-state index in [4.69, 9.17) is 16.2 Å². The van der Waals surface area contributed by atoms with Gasteiger partial charge in [0, 0.05) is 6.07 Å². The van der Waals surface area contributed by atoms with Gasteiger partial charge in [-0.1, -0.05) is 51.4 Å². The predicted octanol–water partition coefficient (Wildman–Crippen LogP) is 4.65. The van der Waals surface area contributed by atoms with Crippen LogP contribution in [0, 0.1) is 5.82 Å². The first kappa shape index (κ1) is 18.8. The largest absolute Gasteiger partial charge is 0.493 e. The van der Waals surface area contributed by atoms with E-state index in [1.807, 2.05) is 0 Å². The monoisotopic (exact) mass is 310 g/mol. The lowest BCUT2D eigenvalue weighted by atomic mass is 10.1. The second-order valence-electron chi connectivity index (χ2n) is 5.86. The Kier molecular flexibility index (Phi) is 10.5. The molecule has 0 fully saturated rings. The third-order valence-corrected chi connectivity index (χ3v) is 3.84. The first-order valence-electron chi connectivity index (χ1n) is 8.62. The number of nitrogen functional groups attached to an aromatic ring is 1. The van der Waals surface area contributed by atoms with Gasteiger partial charge >= 0.3 is 0 Å². The molecule has 0 saturated carbocycles. The van der Waals surface area contributed by atoms with Gasteiger partial charge in [-0.25, -0.2) is 4.39 Å². The van der Waals surface area contributed by atoms with Crippen molar-refractivity contribution >= 4 is 5.69 Å². The van der Waals surface area contributed by atoms with Gasteiger partial charge in [0.25, 0.3) is 0 Å². The van der Waals surface area contributed by atoms with Crippen molar-refractivity contribution in [1.82, 2.24) is 0 Å². The van der Waals surface area contributed by atoms with Gasteiger partial charge in [0.05, 0.1) is 12.3 Å². The molecule has 0 amide bonds. The Morgan fingerprint density at radius 2 is 1.36 bits per heavy atom. The van der Waals surface area contributed by atoms with Crippen LogP contribution in [0.2, 0.25) is 0 Å². The zero-order chi connectivity index (χ0) is 16.0. The molecule has 4 N–H and O–H groups in total. The minimum Gasteiger partial charge on any atom is -0.493 e. The van der Waals surface area contributed by atoms with Gasteiger partial charge in [-0.05, 0) is 31.5 Å². The smallest absolute Gasteiger partial charge is 0.149 e. The lowest BCUT2D eigenvalue weighted by Gasteiger charge is -2.07. The number of hydrogen-bond donors (Lipinski definition) is 2. The van der Waals surface area contributed by atoms with E-state index >= 15 is 0 Å². The molecule has 1 aromatic carbocycles. The molecular weight excluding hydrogens is 279 g/mol. The first-order valence-corrected chi connectivity index (χ1v) is 8.62. The number of rotatable bonds is 13. The number of benzene rings is 1. The van der Waals surface area contributed by atoms with E-state index in [9.17, 15) is 4.39 Å². The Morgan fingerprint density at radius 1 is 0.818 bits per heavy atom. The fourth-order valence-electron chi connectivity index (χ4n) is 2.45. The van der Waals surface area contributed by atoms with Gasteiger partial charge < -0.3 is 16.2 Å². The quantitative estimate of drug-likeness (QED) is 0.412. The minimum atomic E-state index is -0.413. The fraction of sp³-hybridized carbons (Fsp3) is 0.667. The van der Waals surface area contributed by atoms with Crippen molar-refractivity contribution in [2.45, 2.75) is 64.2 Å². The summed E-state index contributed by atoms with van der Waals surface area (Å²) in [5.74, 6) is 0.146. The maximum atomic E-state index is 13.2. The summed E-state index contributed by atoms with van der Waals surface area (Å²) in [5.41, 5.74) is 11.0. The van der Waals surface area contributed by atoms with Crippen LogP contribution >= 0.6 is 0 Å². The Balaban J connectivity index is 1.88. The Morgan fingerprint density at radius 3 is 1.91 bits per heavy atom. The molecule has 0 spiro atoms. The molecule has 1 aromatic rings. The number of halogens is 1. The standard InChI is InChI=1S/C18H31FN2O/c19-17-15-16(11-12-18(17)21)22-14-10-8-6-4-2-1-3-5-7-9-13-20/h11-12,15H,1-10,13-14,20-21H2. The van der Waals surface area contributed by atoms with Crippen LogP contribution in [-0.2, 0) is 0 Å². The zero-order valence-electron chi connectivity index (χ0n) is 13.7. The highest BCUT2D eigenvalue weighted by molar-refractivity contribution is 5.43. The van der Waals surface area contributed by atoms with Crippen molar-refractivity contribution in [2.24, 2.45) is 5.73 Å². The van der Waals surface area contributed by atoms with Gasteiger partial charge in [-0.2, -0.15) is 0 Å². The third-order valence-electron chi connectivity index (χ3n) is 3.84. The molecule has 0 aliphatic rings. The summed E-state index contributed by atoms with van der Waals surface area (Å²) >= 11 is 0. The zero-order valence-corrected chi connectivity index (χ0v) is 13.7. The lowest BCUT2D eigenvalue weighted by molar-refractivity contribution is 0.303. The number of nitrogens with two attached hydrogens (primary N) is 2. The summed E-state index contributed by atoms with van der Waals surface area (Å²) < 4.78 is 18.7. The molecule has 4 heteroatoms. The molecule has 0 aliphatic carbocycles. The number of unbranched alkanes of at least 4 members (excludes halogenated alkanes) is 9. The topological polar surface area (TPSA) is 61.3 Å². The minimum absolute atomic E-state index is 0.162. The normalized spacial score (nSPS) is 10.8. The molecule has 0 bridgehead atoms. The van der Waals surface area contributed by atoms with Crippen LogP contribution in [0.5, 0.6) is 5.75 Å². The molecule has 126 valence electrons. The van der Waals surface area contributed by atoms with Crippen molar-refractivity contribution in [3.8, 4) is 5.75 Å². The molecule has 0 saturated heterocycles. The molecular formula is C18H31FN2O. The number of ether oxygens (including phenoxy) is 1. The van der Waals surface area contributed by atoms with Gasteiger partial charge in [-0.15, -0.1) is 0 Å². The van der Waals surface area contributed by atoms with Gasteiger partial charge in [0.1, 0.15) is 11.6 Å². The summed E-state index contributed by atoms with van der Waals surface area (Å²) in [7, 11) is 0. The van der Waals surface area contributed by atoms with Crippen molar-refractivity contribution in [1.29, 1.82) is 0 Å². The van der Waals surface area contributed by atoms with Crippen molar-refractivity contribution in [2.75, 3.05) is 18.9 Å². The van der Waals surface area contributed by atoms with Crippen LogP contribution in [0.4, 0.5) is 10.1 Å². The summed E-state index contributed by atoms with van der Waals surface area (Å²) in [4.78, 5) is 0. The number of anilines is 1. The summed E-state index contributed by atoms with van der Waals surface area (Å²) in [6.07, 6.45) is 12.5. The van der Waals surface area contributed by atoms with E-state index in [0.717, 1.165) is 19.4 Å². The summed E-state index contributed by atoms with van der Waals surface area (Å²) in [5, 5.41) is 0. The van der Waals surface area contributed by atoms with Crippen molar-refractivity contribution in [3.63, 3.8) is 0 Å². The third kappa shape index (κ3) is 8.88. The summed E-state index contributed by atoms with van der Waals surface area (Å²) in [6.45, 7) is 1.47. The van der Waals surface area contributed by atoms with Crippen molar-refractivity contribution < 1.29 is 9.13 Å². The van der Waals surface area contributed by atoms with Crippen LogP contribution < -0.4 is 16.2 Å². The van der Waals surface area contributed by atoms with Gasteiger partial charge in [0.2, 0.25) is 0 Å². The van der Waals surface area contributed by atoms with Gasteiger partial charge in [-0.3, -0.25) is 0 Å². The molecule has 0 unspecified atom stereocenters. The first-order chi connectivity index (χ1) is 10.7. The molecule has 0 aromatic heterocycles. The SMILES string of the molecule is NCCCCCCCCCCCCOc1ccc(N)c(F)c1. The van der Waals surface area contributed by atoms with E-state index in [2.05, 4.69) is 0 Å². The fourth-order valence-corrected chi connectivity index (χ4v) is 2.45. The molecule has 0 aliphatic heterocycles. The Labute approximate surface area is 134 Å². The summed E-state index contributed by atoms with van der Waals surface area (Å²) in [6, 6.07) is 4.60. The van der Waals surface area contributed by atoms with E-state index < -0.39 is 5.82 Å². The maximum absolute atomic E-state index is 13.2. The van der Waals surface area contributed by atoms with Crippen LogP contribution in [0.15, 0.2) is 18.2 Å². The second-order valence-corrected chi connectivity index (χ2v) is 5.86. The maximum Gasteiger partial charge on any atom is 0.149 e. The van der Waals surface area contributed by atoms with E-state index in [1.54, 1.807) is 6.07 Å². The Bertz CT molecular complexity index is 399. The molecule has 0 radical (unpaired) electrons. The van der Waals surface area contributed by atoms with E-state index in [1.165, 1.54) is 63.5 Å². The van der Waals surface area contributed by atoms with Crippen LogP contribution in [-0.4, -0.2) is 13.2 Å². The predicted molar refractivity (Wildman–Crippen MR) is 91.5 cm³/mol. The molecule has 0 heterocycles.